The number of halogens is 3. The highest BCUT2D eigenvalue weighted by molar-refractivity contribution is 7.99. The fourth-order valence-electron chi connectivity index (χ4n) is 2.96. The molecule has 0 radical (unpaired) electrons. The van der Waals surface area contributed by atoms with Crippen LogP contribution in [0.25, 0.3) is 0 Å². The molecule has 1 heterocycles. The van der Waals surface area contributed by atoms with Gasteiger partial charge < -0.3 is 0 Å². The Morgan fingerprint density at radius 2 is 1.65 bits per heavy atom. The van der Waals surface area contributed by atoms with Gasteiger partial charge in [-0.25, -0.2) is 0 Å². The molecular weight excluding hydrogens is 321 g/mol. The Labute approximate surface area is 136 Å². The highest BCUT2D eigenvalue weighted by Crippen LogP contribution is 2.42. The van der Waals surface area contributed by atoms with E-state index in [9.17, 15) is 18.0 Å². The molecule has 23 heavy (non-hydrogen) atoms. The van der Waals surface area contributed by atoms with Crippen molar-refractivity contribution in [3.63, 3.8) is 0 Å². The molecule has 3 rings (SSSR count). The number of thioether (sulfide) groups is 1. The quantitative estimate of drug-likeness (QED) is 0.689. The average molecular weight is 336 g/mol. The van der Waals surface area contributed by atoms with E-state index in [1.54, 1.807) is 36.4 Å². The number of fused-ring (bicyclic) bond motifs is 2. The second-order valence-corrected chi connectivity index (χ2v) is 6.66. The van der Waals surface area contributed by atoms with Gasteiger partial charge in [0.05, 0.1) is 6.42 Å². The molecule has 0 bridgehead atoms. The molecule has 1 nitrogen and oxygen atoms in total. The van der Waals surface area contributed by atoms with Crippen LogP contribution in [0.3, 0.4) is 0 Å². The molecule has 0 aromatic heterocycles. The second kappa shape index (κ2) is 6.40. The molecule has 0 amide bonds. The lowest BCUT2D eigenvalue weighted by atomic mass is 9.84. The largest absolute Gasteiger partial charge is 0.390 e. The first kappa shape index (κ1) is 16.1. The van der Waals surface area contributed by atoms with E-state index < -0.39 is 18.5 Å². The second-order valence-electron chi connectivity index (χ2n) is 5.52. The molecule has 0 N–H and O–H groups in total. The van der Waals surface area contributed by atoms with E-state index in [0.717, 1.165) is 4.90 Å². The van der Waals surface area contributed by atoms with Gasteiger partial charge in [-0.2, -0.15) is 13.2 Å². The zero-order chi connectivity index (χ0) is 16.4. The van der Waals surface area contributed by atoms with Crippen LogP contribution in [-0.2, 0) is 0 Å². The van der Waals surface area contributed by atoms with E-state index in [2.05, 4.69) is 0 Å². The van der Waals surface area contributed by atoms with Gasteiger partial charge in [0.25, 0.3) is 0 Å². The molecule has 120 valence electrons. The van der Waals surface area contributed by atoms with Crippen LogP contribution in [0.4, 0.5) is 13.2 Å². The Bertz CT molecular complexity index is 724. The summed E-state index contributed by atoms with van der Waals surface area (Å²) in [5.41, 5.74) is 1.54. The summed E-state index contributed by atoms with van der Waals surface area (Å²) in [6, 6.07) is 13.8. The molecule has 2 aromatic rings. The molecule has 0 aliphatic carbocycles. The minimum atomic E-state index is -4.30. The SMILES string of the molecule is O=C1CCSc2ccccc2C(CC(F)(F)F)c2ccccc21. The first-order chi connectivity index (χ1) is 11.0. The van der Waals surface area contributed by atoms with Gasteiger partial charge in [-0.3, -0.25) is 4.79 Å². The maximum Gasteiger partial charge on any atom is 0.390 e. The van der Waals surface area contributed by atoms with Gasteiger partial charge >= 0.3 is 6.18 Å². The number of benzene rings is 2. The van der Waals surface area contributed by atoms with Gasteiger partial charge in [0.2, 0.25) is 0 Å². The van der Waals surface area contributed by atoms with Gasteiger partial charge in [0, 0.05) is 28.6 Å². The predicted molar refractivity (Wildman–Crippen MR) is 85.1 cm³/mol. The van der Waals surface area contributed by atoms with Crippen LogP contribution in [-0.4, -0.2) is 17.7 Å². The van der Waals surface area contributed by atoms with Crippen molar-refractivity contribution in [1.29, 1.82) is 0 Å². The molecule has 0 saturated heterocycles. The third-order valence-corrected chi connectivity index (χ3v) is 5.04. The number of alkyl halides is 3. The van der Waals surface area contributed by atoms with Crippen LogP contribution in [0.1, 0.15) is 40.2 Å². The minimum absolute atomic E-state index is 0.0897. The first-order valence-corrected chi connectivity index (χ1v) is 8.35. The molecule has 1 atom stereocenters. The van der Waals surface area contributed by atoms with Crippen molar-refractivity contribution in [1.82, 2.24) is 0 Å². The average Bonchev–Trinajstić information content (AvgIpc) is 2.56. The Morgan fingerprint density at radius 1 is 1.00 bits per heavy atom. The van der Waals surface area contributed by atoms with Crippen LogP contribution in [0.5, 0.6) is 0 Å². The van der Waals surface area contributed by atoms with Crippen molar-refractivity contribution in [3.8, 4) is 0 Å². The molecule has 0 saturated carbocycles. The number of rotatable bonds is 1. The maximum atomic E-state index is 13.2. The van der Waals surface area contributed by atoms with Crippen molar-refractivity contribution in [2.75, 3.05) is 5.75 Å². The summed E-state index contributed by atoms with van der Waals surface area (Å²) in [5.74, 6) is -0.367. The van der Waals surface area contributed by atoms with Crippen molar-refractivity contribution in [3.05, 3.63) is 65.2 Å². The number of carbonyl (C=O) groups is 1. The molecule has 2 aromatic carbocycles. The Morgan fingerprint density at radius 3 is 2.39 bits per heavy atom. The zero-order valence-corrected chi connectivity index (χ0v) is 13.1. The Balaban J connectivity index is 2.20. The predicted octanol–water partition coefficient (Wildman–Crippen LogP) is 5.45. The van der Waals surface area contributed by atoms with Crippen molar-refractivity contribution in [2.24, 2.45) is 0 Å². The van der Waals surface area contributed by atoms with Gasteiger partial charge in [-0.05, 0) is 17.2 Å². The fourth-order valence-corrected chi connectivity index (χ4v) is 4.02. The van der Waals surface area contributed by atoms with E-state index in [0.29, 0.717) is 28.9 Å². The number of Topliss-reactive ketones (excluding diaryl/α,β-unsaturated/α-hetero) is 1. The van der Waals surface area contributed by atoms with E-state index in [1.807, 2.05) is 12.1 Å². The van der Waals surface area contributed by atoms with Crippen LogP contribution in [0, 0.1) is 0 Å². The molecule has 1 aliphatic heterocycles. The van der Waals surface area contributed by atoms with E-state index in [1.165, 1.54) is 11.8 Å². The smallest absolute Gasteiger partial charge is 0.294 e. The zero-order valence-electron chi connectivity index (χ0n) is 12.3. The standard InChI is InChI=1S/C18H15F3OS/c19-18(20,21)11-15-12-5-1-2-6-13(12)16(22)9-10-23-17-8-4-3-7-14(15)17/h1-8,15H,9-11H2. The van der Waals surface area contributed by atoms with Crippen molar-refractivity contribution in [2.45, 2.75) is 29.8 Å². The third kappa shape index (κ3) is 3.61. The maximum absolute atomic E-state index is 13.2. The molecule has 0 spiro atoms. The first-order valence-electron chi connectivity index (χ1n) is 7.36. The van der Waals surface area contributed by atoms with Gasteiger partial charge in [-0.1, -0.05) is 42.5 Å². The molecular formula is C18H15F3OS. The topological polar surface area (TPSA) is 17.1 Å². The Hall–Kier alpha value is -1.75. The van der Waals surface area contributed by atoms with Crippen LogP contribution in [0.2, 0.25) is 0 Å². The van der Waals surface area contributed by atoms with Gasteiger partial charge in [0.1, 0.15) is 0 Å². The van der Waals surface area contributed by atoms with Crippen LogP contribution < -0.4 is 0 Å². The summed E-state index contributed by atoms with van der Waals surface area (Å²) in [6.45, 7) is 0. The molecule has 0 fully saturated rings. The van der Waals surface area contributed by atoms with E-state index in [-0.39, 0.29) is 5.78 Å². The lowest BCUT2D eigenvalue weighted by Crippen LogP contribution is -2.17. The van der Waals surface area contributed by atoms with Crippen LogP contribution >= 0.6 is 11.8 Å². The third-order valence-electron chi connectivity index (χ3n) is 3.95. The van der Waals surface area contributed by atoms with Gasteiger partial charge in [-0.15, -0.1) is 11.8 Å². The summed E-state index contributed by atoms with van der Waals surface area (Å²) in [7, 11) is 0. The summed E-state index contributed by atoms with van der Waals surface area (Å²) < 4.78 is 39.5. The number of ketones is 1. The van der Waals surface area contributed by atoms with Crippen molar-refractivity contribution >= 4 is 17.5 Å². The monoisotopic (exact) mass is 336 g/mol. The van der Waals surface area contributed by atoms with Gasteiger partial charge in [0.15, 0.2) is 5.78 Å². The fraction of sp³-hybridized carbons (Fsp3) is 0.278. The highest BCUT2D eigenvalue weighted by atomic mass is 32.2. The number of hydrogen-bond acceptors (Lipinski definition) is 2. The highest BCUT2D eigenvalue weighted by Gasteiger charge is 2.36. The summed E-state index contributed by atoms with van der Waals surface area (Å²) in [6.07, 6.45) is -4.93. The summed E-state index contributed by atoms with van der Waals surface area (Å²) in [4.78, 5) is 13.2. The number of hydrogen-bond donors (Lipinski definition) is 0. The Kier molecular flexibility index (Phi) is 4.48. The minimum Gasteiger partial charge on any atom is -0.294 e. The lowest BCUT2D eigenvalue weighted by molar-refractivity contribution is -0.136. The summed E-state index contributed by atoms with van der Waals surface area (Å²) in [5, 5.41) is 0. The van der Waals surface area contributed by atoms with Crippen molar-refractivity contribution < 1.29 is 18.0 Å². The van der Waals surface area contributed by atoms with E-state index in [4.69, 9.17) is 0 Å². The molecule has 1 unspecified atom stereocenters. The normalized spacial score (nSPS) is 18.4. The molecule has 5 heteroatoms. The van der Waals surface area contributed by atoms with E-state index >= 15 is 0 Å². The lowest BCUT2D eigenvalue weighted by Gasteiger charge is -2.23. The summed E-state index contributed by atoms with van der Waals surface area (Å²) >= 11 is 1.45. The number of carbonyl (C=O) groups excluding carboxylic acids is 1. The van der Waals surface area contributed by atoms with Crippen LogP contribution in [0.15, 0.2) is 53.4 Å². The molecule has 1 aliphatic rings.